The zero-order valence-electron chi connectivity index (χ0n) is 32.9. The minimum Gasteiger partial charge on any atom is -0.394 e. The molecule has 26 heteroatoms. The molecule has 0 aliphatic carbocycles. The first-order chi connectivity index (χ1) is 28.2. The lowest BCUT2D eigenvalue weighted by Gasteiger charge is -2.52. The third kappa shape index (κ3) is 10.4. The molecule has 5 heterocycles. The van der Waals surface area contributed by atoms with Crippen molar-refractivity contribution >= 4 is 11.8 Å². The third-order valence-electron chi connectivity index (χ3n) is 11.0. The molecular formula is C34H58N2O24. The molecule has 0 unspecified atom stereocenters. The Kier molecular flexibility index (Phi) is 16.9. The standard InChI is InChI=1S/C34H58N2O24/c1-8-17(42)21(46)23(48)33(52-8)58-27-15(35-10(3)40)31(55-13(6-38)19(27)44)57-26-14(7-39)56-32(60-29-20(45)12(5-37)54-30(51)25(29)50)16(36-11(4)41)28(26)59-34-24(49)22(47)18(43)9(2)53-34/h8-9,12-34,37-39,42-51H,5-7H2,1-4H3,(H,35,40)(H,36,41)/t8-,9-,12+,13+,14+,15+,16+,17+,18+,19-,20-,21+,22+,23-,24-,25+,26+,27+,28+,29-,30-,31-,32-,33-,34-/m0/s1. The van der Waals surface area contributed by atoms with Crippen LogP contribution in [0.4, 0.5) is 0 Å². The summed E-state index contributed by atoms with van der Waals surface area (Å²) in [6, 6.07) is -3.34. The molecule has 0 aromatic rings. The highest BCUT2D eigenvalue weighted by Gasteiger charge is 2.58. The summed E-state index contributed by atoms with van der Waals surface area (Å²) in [6.45, 7) is 2.01. The van der Waals surface area contributed by atoms with Crippen LogP contribution in [0.25, 0.3) is 0 Å². The maximum absolute atomic E-state index is 12.8. The average molecular weight is 879 g/mol. The maximum Gasteiger partial charge on any atom is 0.217 e. The van der Waals surface area contributed by atoms with Crippen molar-refractivity contribution in [3.05, 3.63) is 0 Å². The summed E-state index contributed by atoms with van der Waals surface area (Å²) in [5.74, 6) is -1.58. The van der Waals surface area contributed by atoms with Crippen molar-refractivity contribution in [2.24, 2.45) is 0 Å². The lowest BCUT2D eigenvalue weighted by Crippen LogP contribution is -2.72. The maximum atomic E-state index is 12.8. The van der Waals surface area contributed by atoms with E-state index < -0.39 is 185 Å². The predicted octanol–water partition coefficient (Wildman–Crippen LogP) is -9.58. The summed E-state index contributed by atoms with van der Waals surface area (Å²) in [5, 5.41) is 143. The highest BCUT2D eigenvalue weighted by atomic mass is 16.8. The molecule has 0 spiro atoms. The van der Waals surface area contributed by atoms with E-state index in [-0.39, 0.29) is 0 Å². The van der Waals surface area contributed by atoms with Crippen LogP contribution in [0, 0.1) is 0 Å². The summed E-state index contributed by atoms with van der Waals surface area (Å²) < 4.78 is 52.5. The van der Waals surface area contributed by atoms with Gasteiger partial charge in [0.1, 0.15) is 110 Å². The van der Waals surface area contributed by atoms with E-state index >= 15 is 0 Å². The quantitative estimate of drug-likeness (QED) is 0.0817. The van der Waals surface area contributed by atoms with Gasteiger partial charge in [-0.3, -0.25) is 9.59 Å². The molecule has 25 atom stereocenters. The lowest BCUT2D eigenvalue weighted by molar-refractivity contribution is -0.384. The third-order valence-corrected chi connectivity index (χ3v) is 11.0. The fraction of sp³-hybridized carbons (Fsp3) is 0.941. The number of ether oxygens (including phenoxy) is 9. The van der Waals surface area contributed by atoms with Crippen LogP contribution in [0.2, 0.25) is 0 Å². The van der Waals surface area contributed by atoms with E-state index in [4.69, 9.17) is 42.6 Å². The normalized spacial score (nSPS) is 50.2. The minimum absolute atomic E-state index is 0.775. The van der Waals surface area contributed by atoms with Gasteiger partial charge in [0.2, 0.25) is 11.8 Å². The molecule has 5 aliphatic rings. The van der Waals surface area contributed by atoms with Crippen LogP contribution < -0.4 is 10.6 Å². The second-order valence-electron chi connectivity index (χ2n) is 15.4. The van der Waals surface area contributed by atoms with Crippen molar-refractivity contribution in [1.82, 2.24) is 10.6 Å². The lowest BCUT2D eigenvalue weighted by atomic mass is 9.93. The van der Waals surface area contributed by atoms with E-state index in [2.05, 4.69) is 10.6 Å². The highest BCUT2D eigenvalue weighted by Crippen LogP contribution is 2.37. The Bertz CT molecular complexity index is 1410. The summed E-state index contributed by atoms with van der Waals surface area (Å²) >= 11 is 0. The molecule has 0 bridgehead atoms. The second-order valence-corrected chi connectivity index (χ2v) is 15.4. The average Bonchev–Trinajstić information content (AvgIpc) is 3.20. The van der Waals surface area contributed by atoms with Crippen LogP contribution in [0.15, 0.2) is 0 Å². The number of hydrogen-bond acceptors (Lipinski definition) is 24. The molecular weight excluding hydrogens is 820 g/mol. The Labute approximate surface area is 342 Å². The predicted molar refractivity (Wildman–Crippen MR) is 187 cm³/mol. The number of aliphatic hydroxyl groups excluding tert-OH is 13. The summed E-state index contributed by atoms with van der Waals surface area (Å²) in [4.78, 5) is 25.5. The van der Waals surface area contributed by atoms with E-state index in [1.54, 1.807) is 0 Å². The van der Waals surface area contributed by atoms with Crippen LogP contribution in [-0.4, -0.2) is 251 Å². The molecule has 5 rings (SSSR count). The number of nitrogens with one attached hydrogen (secondary N) is 2. The largest absolute Gasteiger partial charge is 0.394 e. The van der Waals surface area contributed by atoms with Gasteiger partial charge in [0.05, 0.1) is 32.0 Å². The summed E-state index contributed by atoms with van der Waals surface area (Å²) in [7, 11) is 0. The molecule has 5 aliphatic heterocycles. The Morgan fingerprint density at radius 2 is 0.817 bits per heavy atom. The van der Waals surface area contributed by atoms with Crippen molar-refractivity contribution in [3.8, 4) is 0 Å². The van der Waals surface area contributed by atoms with Gasteiger partial charge in [0.15, 0.2) is 31.5 Å². The molecule has 5 saturated heterocycles. The number of rotatable bonds is 13. The second kappa shape index (κ2) is 20.7. The molecule has 0 aromatic carbocycles. The highest BCUT2D eigenvalue weighted by molar-refractivity contribution is 5.73. The minimum atomic E-state index is -2.01. The fourth-order valence-corrected chi connectivity index (χ4v) is 7.71. The van der Waals surface area contributed by atoms with Gasteiger partial charge in [-0.1, -0.05) is 0 Å². The van der Waals surface area contributed by atoms with E-state index in [1.807, 2.05) is 0 Å². The Balaban J connectivity index is 1.56. The fourth-order valence-electron chi connectivity index (χ4n) is 7.71. The number of amides is 2. The van der Waals surface area contributed by atoms with Crippen molar-refractivity contribution in [2.45, 2.75) is 181 Å². The summed E-state index contributed by atoms with van der Waals surface area (Å²) in [6.07, 6.45) is -40.0. The van der Waals surface area contributed by atoms with Crippen molar-refractivity contribution in [3.63, 3.8) is 0 Å². The number of carbonyl (C=O) groups is 2. The first-order valence-electron chi connectivity index (χ1n) is 19.3. The van der Waals surface area contributed by atoms with E-state index in [0.717, 1.165) is 13.8 Å². The number of hydrogen-bond donors (Lipinski definition) is 15. The zero-order chi connectivity index (χ0) is 44.5. The molecule has 2 amide bonds. The molecule has 26 nitrogen and oxygen atoms in total. The van der Waals surface area contributed by atoms with Gasteiger partial charge in [-0.05, 0) is 13.8 Å². The van der Waals surface area contributed by atoms with Gasteiger partial charge in [0.25, 0.3) is 0 Å². The first-order valence-corrected chi connectivity index (χ1v) is 19.3. The zero-order valence-corrected chi connectivity index (χ0v) is 32.9. The van der Waals surface area contributed by atoms with E-state index in [9.17, 15) is 76.0 Å². The molecule has 0 radical (unpaired) electrons. The smallest absolute Gasteiger partial charge is 0.217 e. The van der Waals surface area contributed by atoms with Gasteiger partial charge < -0.3 is 120 Å². The van der Waals surface area contributed by atoms with E-state index in [0.29, 0.717) is 0 Å². The Hall–Kier alpha value is -1.94. The van der Waals surface area contributed by atoms with Gasteiger partial charge >= 0.3 is 0 Å². The van der Waals surface area contributed by atoms with Crippen LogP contribution in [0.3, 0.4) is 0 Å². The van der Waals surface area contributed by atoms with Crippen molar-refractivity contribution < 1.29 is 119 Å². The monoisotopic (exact) mass is 878 g/mol. The van der Waals surface area contributed by atoms with Crippen LogP contribution >= 0.6 is 0 Å². The number of aliphatic hydroxyl groups is 13. The first kappa shape index (κ1) is 49.1. The number of carbonyl (C=O) groups excluding carboxylic acids is 2. The molecule has 348 valence electrons. The van der Waals surface area contributed by atoms with Crippen LogP contribution in [0.5, 0.6) is 0 Å². The van der Waals surface area contributed by atoms with Crippen molar-refractivity contribution in [2.75, 3.05) is 19.8 Å². The van der Waals surface area contributed by atoms with Crippen molar-refractivity contribution in [1.29, 1.82) is 0 Å². The molecule has 60 heavy (non-hydrogen) atoms. The van der Waals surface area contributed by atoms with Gasteiger partial charge in [-0.2, -0.15) is 0 Å². The van der Waals surface area contributed by atoms with E-state index in [1.165, 1.54) is 13.8 Å². The molecule has 15 N–H and O–H groups in total. The van der Waals surface area contributed by atoms with Gasteiger partial charge in [-0.25, -0.2) is 0 Å². The molecule has 5 fully saturated rings. The summed E-state index contributed by atoms with van der Waals surface area (Å²) in [5.41, 5.74) is 0. The van der Waals surface area contributed by atoms with Gasteiger partial charge in [0, 0.05) is 13.8 Å². The Morgan fingerprint density at radius 1 is 0.433 bits per heavy atom. The molecule has 0 aromatic heterocycles. The van der Waals surface area contributed by atoms with Crippen LogP contribution in [-0.2, 0) is 52.2 Å². The van der Waals surface area contributed by atoms with Gasteiger partial charge in [-0.15, -0.1) is 0 Å². The van der Waals surface area contributed by atoms with Crippen LogP contribution in [0.1, 0.15) is 27.7 Å². The SMILES string of the molecule is CC(=O)N[C@H]1[C@H](O[C@@H]2[C@@H](O)[C@@H](O)O[C@H](CO)[C@@H]2O)O[C@H](CO)[C@@H](O[C@@H]2O[C@H](CO)[C@H](O)[C@H](O[C@@H]3O[C@@H](C)[C@@H](O)[C@@H](O)[C@@H]3O)[C@H]2NC(C)=O)[C@@H]1O[C@@H]1O[C@@H](C)[C@@H](O)[C@@H](O)[C@@H]1O. The topological polar surface area (TPSA) is 404 Å². The Morgan fingerprint density at radius 3 is 1.28 bits per heavy atom. The molecule has 0 saturated carbocycles.